The van der Waals surface area contributed by atoms with Crippen LogP contribution in [0.15, 0.2) is 18.3 Å². The van der Waals surface area contributed by atoms with Gasteiger partial charge in [0.15, 0.2) is 5.82 Å². The van der Waals surface area contributed by atoms with E-state index in [0.717, 1.165) is 31.8 Å². The van der Waals surface area contributed by atoms with Crippen LogP contribution in [0, 0.1) is 0 Å². The Bertz CT molecular complexity index is 390. The average Bonchev–Trinajstić information content (AvgIpc) is 3.04. The number of tetrazole rings is 1. The van der Waals surface area contributed by atoms with Gasteiger partial charge in [-0.05, 0) is 38.1 Å². The van der Waals surface area contributed by atoms with E-state index in [1.165, 1.54) is 5.69 Å². The van der Waals surface area contributed by atoms with Crippen LogP contribution in [-0.2, 0) is 5.41 Å². The monoisotopic (exact) mass is 218 g/mol. The fourth-order valence-corrected chi connectivity index (χ4v) is 2.46. The smallest absolute Gasteiger partial charge is 0.186 e. The molecule has 16 heavy (non-hydrogen) atoms. The van der Waals surface area contributed by atoms with Crippen LogP contribution in [-0.4, -0.2) is 38.7 Å². The summed E-state index contributed by atoms with van der Waals surface area (Å²) >= 11 is 0. The van der Waals surface area contributed by atoms with Gasteiger partial charge in [-0.2, -0.15) is 5.21 Å². The van der Waals surface area contributed by atoms with Crippen LogP contribution < -0.4 is 5.32 Å². The van der Waals surface area contributed by atoms with Crippen molar-refractivity contribution < 1.29 is 0 Å². The molecule has 1 fully saturated rings. The Hall–Kier alpha value is -1.69. The standard InChI is InChI=1S/C10H14N6/c1-2-8(12-5-1)10(3-6-11-7-4-10)9-13-15-16-14-9/h1-2,5,11-12H,3-4,6-7H2,(H,13,14,15,16). The molecule has 0 unspecified atom stereocenters. The van der Waals surface area contributed by atoms with E-state index >= 15 is 0 Å². The summed E-state index contributed by atoms with van der Waals surface area (Å²) in [7, 11) is 0. The second-order valence-corrected chi connectivity index (χ2v) is 4.15. The first kappa shape index (κ1) is 9.53. The molecule has 0 atom stereocenters. The molecule has 2 aromatic rings. The molecule has 0 aromatic carbocycles. The highest BCUT2D eigenvalue weighted by Crippen LogP contribution is 2.36. The van der Waals surface area contributed by atoms with Crippen molar-refractivity contribution in [2.45, 2.75) is 18.3 Å². The van der Waals surface area contributed by atoms with E-state index in [1.807, 2.05) is 12.3 Å². The van der Waals surface area contributed by atoms with Crippen molar-refractivity contribution in [3.8, 4) is 0 Å². The van der Waals surface area contributed by atoms with Crippen molar-refractivity contribution >= 4 is 0 Å². The molecule has 84 valence electrons. The zero-order valence-electron chi connectivity index (χ0n) is 8.90. The summed E-state index contributed by atoms with van der Waals surface area (Å²) in [6, 6.07) is 4.11. The molecule has 0 aliphatic carbocycles. The van der Waals surface area contributed by atoms with E-state index in [1.54, 1.807) is 0 Å². The van der Waals surface area contributed by atoms with Crippen molar-refractivity contribution in [2.24, 2.45) is 0 Å². The Kier molecular flexibility index (Phi) is 2.21. The van der Waals surface area contributed by atoms with Crippen LogP contribution in [0.25, 0.3) is 0 Å². The number of aromatic amines is 2. The van der Waals surface area contributed by atoms with E-state index < -0.39 is 0 Å². The van der Waals surface area contributed by atoms with Gasteiger partial charge in [0.05, 0.1) is 5.41 Å². The zero-order valence-corrected chi connectivity index (χ0v) is 8.90. The van der Waals surface area contributed by atoms with Crippen LogP contribution in [0.2, 0.25) is 0 Å². The van der Waals surface area contributed by atoms with Crippen molar-refractivity contribution in [1.82, 2.24) is 30.9 Å². The maximum atomic E-state index is 4.17. The number of rotatable bonds is 2. The Morgan fingerprint density at radius 3 is 2.75 bits per heavy atom. The lowest BCUT2D eigenvalue weighted by atomic mass is 9.75. The molecule has 1 aliphatic rings. The molecule has 6 heteroatoms. The molecule has 6 nitrogen and oxygen atoms in total. The normalized spacial score (nSPS) is 19.8. The first-order valence-corrected chi connectivity index (χ1v) is 5.50. The zero-order chi connectivity index (χ0) is 10.8. The average molecular weight is 218 g/mol. The SMILES string of the molecule is c1c[nH]c(C2(c3nn[nH]n3)CCNCC2)c1. The summed E-state index contributed by atoms with van der Waals surface area (Å²) in [5.41, 5.74) is 1.07. The molecule has 1 aliphatic heterocycles. The van der Waals surface area contributed by atoms with Gasteiger partial charge in [0.25, 0.3) is 0 Å². The molecule has 3 N–H and O–H groups in total. The largest absolute Gasteiger partial charge is 0.364 e. The number of aromatic nitrogens is 5. The number of nitrogens with one attached hydrogen (secondary N) is 3. The Morgan fingerprint density at radius 1 is 1.25 bits per heavy atom. The fourth-order valence-electron chi connectivity index (χ4n) is 2.46. The van der Waals surface area contributed by atoms with Crippen LogP contribution in [0.3, 0.4) is 0 Å². The van der Waals surface area contributed by atoms with E-state index in [2.05, 4.69) is 37.0 Å². The second kappa shape index (κ2) is 3.71. The molecule has 0 saturated carbocycles. The summed E-state index contributed by atoms with van der Waals surface area (Å²) in [5, 5.41) is 17.9. The van der Waals surface area contributed by atoms with E-state index in [0.29, 0.717) is 0 Å². The summed E-state index contributed by atoms with van der Waals surface area (Å²) in [6.07, 6.45) is 3.93. The van der Waals surface area contributed by atoms with Gasteiger partial charge < -0.3 is 10.3 Å². The lowest BCUT2D eigenvalue weighted by Gasteiger charge is -2.34. The molecule has 0 amide bonds. The highest BCUT2D eigenvalue weighted by atomic mass is 15.5. The summed E-state index contributed by atoms with van der Waals surface area (Å²) in [6.45, 7) is 1.96. The third-order valence-corrected chi connectivity index (χ3v) is 3.34. The first-order valence-electron chi connectivity index (χ1n) is 5.50. The molecule has 2 aromatic heterocycles. The van der Waals surface area contributed by atoms with Gasteiger partial charge in [-0.25, -0.2) is 0 Å². The van der Waals surface area contributed by atoms with Crippen LogP contribution >= 0.6 is 0 Å². The molecular formula is C10H14N6. The second-order valence-electron chi connectivity index (χ2n) is 4.15. The summed E-state index contributed by atoms with van der Waals surface area (Å²) in [4.78, 5) is 3.29. The molecular weight excluding hydrogens is 204 g/mol. The number of hydrogen-bond donors (Lipinski definition) is 3. The van der Waals surface area contributed by atoms with Crippen molar-refractivity contribution in [1.29, 1.82) is 0 Å². The van der Waals surface area contributed by atoms with Gasteiger partial charge in [-0.15, -0.1) is 10.2 Å². The highest BCUT2D eigenvalue weighted by Gasteiger charge is 2.40. The number of piperidine rings is 1. The molecule has 0 bridgehead atoms. The van der Waals surface area contributed by atoms with Crippen LogP contribution in [0.4, 0.5) is 0 Å². The molecule has 0 radical (unpaired) electrons. The lowest BCUT2D eigenvalue weighted by Crippen LogP contribution is -2.41. The van der Waals surface area contributed by atoms with Crippen molar-refractivity contribution in [2.75, 3.05) is 13.1 Å². The molecule has 1 saturated heterocycles. The topological polar surface area (TPSA) is 82.3 Å². The Morgan fingerprint density at radius 2 is 2.12 bits per heavy atom. The first-order chi connectivity index (χ1) is 7.92. The van der Waals surface area contributed by atoms with Gasteiger partial charge >= 0.3 is 0 Å². The molecule has 0 spiro atoms. The summed E-state index contributed by atoms with van der Waals surface area (Å²) in [5.74, 6) is 0.788. The third-order valence-electron chi connectivity index (χ3n) is 3.34. The van der Waals surface area contributed by atoms with E-state index in [9.17, 15) is 0 Å². The van der Waals surface area contributed by atoms with E-state index in [-0.39, 0.29) is 5.41 Å². The van der Waals surface area contributed by atoms with Gasteiger partial charge in [0.2, 0.25) is 0 Å². The van der Waals surface area contributed by atoms with Gasteiger partial charge in [-0.1, -0.05) is 5.21 Å². The Balaban J connectivity index is 2.07. The van der Waals surface area contributed by atoms with E-state index in [4.69, 9.17) is 0 Å². The van der Waals surface area contributed by atoms with Crippen molar-refractivity contribution in [3.63, 3.8) is 0 Å². The van der Waals surface area contributed by atoms with Gasteiger partial charge in [-0.3, -0.25) is 0 Å². The van der Waals surface area contributed by atoms with Gasteiger partial charge in [0, 0.05) is 11.9 Å². The minimum absolute atomic E-state index is 0.109. The third kappa shape index (κ3) is 1.34. The number of nitrogens with zero attached hydrogens (tertiary/aromatic N) is 3. The maximum Gasteiger partial charge on any atom is 0.186 e. The molecule has 3 rings (SSSR count). The number of hydrogen-bond acceptors (Lipinski definition) is 4. The van der Waals surface area contributed by atoms with Crippen LogP contribution in [0.1, 0.15) is 24.4 Å². The minimum atomic E-state index is -0.109. The fraction of sp³-hybridized carbons (Fsp3) is 0.500. The predicted molar refractivity (Wildman–Crippen MR) is 57.9 cm³/mol. The minimum Gasteiger partial charge on any atom is -0.364 e. The van der Waals surface area contributed by atoms with Gasteiger partial charge in [0.1, 0.15) is 0 Å². The highest BCUT2D eigenvalue weighted by molar-refractivity contribution is 5.27. The lowest BCUT2D eigenvalue weighted by molar-refractivity contribution is 0.339. The van der Waals surface area contributed by atoms with Crippen LogP contribution in [0.5, 0.6) is 0 Å². The molecule has 3 heterocycles. The Labute approximate surface area is 92.8 Å². The quantitative estimate of drug-likeness (QED) is 0.672. The summed E-state index contributed by atoms with van der Waals surface area (Å²) < 4.78 is 0. The number of H-pyrrole nitrogens is 2. The maximum absolute atomic E-state index is 4.17. The van der Waals surface area contributed by atoms with Crippen molar-refractivity contribution in [3.05, 3.63) is 29.8 Å². The predicted octanol–water partition coefficient (Wildman–Crippen LogP) is 0.197.